The van der Waals surface area contributed by atoms with Crippen LogP contribution in [-0.4, -0.2) is 28.5 Å². The Morgan fingerprint density at radius 3 is 2.65 bits per heavy atom. The molecule has 1 aromatic carbocycles. The molecule has 1 N–H and O–H groups in total. The smallest absolute Gasteiger partial charge is 0.251 e. The van der Waals surface area contributed by atoms with Crippen molar-refractivity contribution >= 4 is 27.5 Å². The number of carbonyl (C=O) groups excluding carboxylic acids is 1. The van der Waals surface area contributed by atoms with Gasteiger partial charge in [0, 0.05) is 22.4 Å². The first-order chi connectivity index (χ1) is 12.6. The van der Waals surface area contributed by atoms with Gasteiger partial charge in [-0.25, -0.2) is 4.98 Å². The van der Waals surface area contributed by atoms with E-state index in [1.54, 1.807) is 18.2 Å². The van der Waals surface area contributed by atoms with Crippen molar-refractivity contribution in [1.29, 1.82) is 0 Å². The van der Waals surface area contributed by atoms with E-state index in [1.165, 1.54) is 0 Å². The van der Waals surface area contributed by atoms with Crippen LogP contribution < -0.4 is 14.8 Å². The molecule has 0 atom stereocenters. The summed E-state index contributed by atoms with van der Waals surface area (Å²) in [7, 11) is 0. The molecule has 0 aliphatic carbocycles. The van der Waals surface area contributed by atoms with E-state index in [9.17, 15) is 4.79 Å². The van der Waals surface area contributed by atoms with Crippen LogP contribution >= 0.6 is 15.9 Å². The van der Waals surface area contributed by atoms with E-state index in [0.29, 0.717) is 36.8 Å². The summed E-state index contributed by atoms with van der Waals surface area (Å²) in [5.41, 5.74) is 2.13. The monoisotopic (exact) mass is 417 g/mol. The third-order valence-corrected chi connectivity index (χ3v) is 4.17. The van der Waals surface area contributed by atoms with Gasteiger partial charge in [0.2, 0.25) is 0 Å². The largest absolute Gasteiger partial charge is 0.490 e. The van der Waals surface area contributed by atoms with Gasteiger partial charge in [0.15, 0.2) is 11.5 Å². The van der Waals surface area contributed by atoms with Gasteiger partial charge in [-0.2, -0.15) is 0 Å². The van der Waals surface area contributed by atoms with Crippen LogP contribution in [-0.2, 0) is 6.54 Å². The van der Waals surface area contributed by atoms with E-state index < -0.39 is 0 Å². The molecule has 136 valence electrons. The molecule has 6 nitrogen and oxygen atoms in total. The van der Waals surface area contributed by atoms with E-state index in [-0.39, 0.29) is 5.91 Å². The average Bonchev–Trinajstić information content (AvgIpc) is 3.03. The Hall–Kier alpha value is -2.54. The summed E-state index contributed by atoms with van der Waals surface area (Å²) in [6, 6.07) is 9.02. The van der Waals surface area contributed by atoms with E-state index in [4.69, 9.17) is 9.47 Å². The minimum atomic E-state index is -0.188. The lowest BCUT2D eigenvalue weighted by molar-refractivity contribution is 0.0950. The fourth-order valence-electron chi connectivity index (χ4n) is 2.57. The van der Waals surface area contributed by atoms with Crippen molar-refractivity contribution in [3.05, 3.63) is 58.5 Å². The molecule has 0 aliphatic rings. The molecule has 0 saturated heterocycles. The Bertz CT molecular complexity index is 924. The number of imidazole rings is 1. The second-order valence-corrected chi connectivity index (χ2v) is 6.47. The molecule has 0 spiro atoms. The van der Waals surface area contributed by atoms with Crippen molar-refractivity contribution in [2.45, 2.75) is 20.4 Å². The zero-order valence-corrected chi connectivity index (χ0v) is 16.2. The van der Waals surface area contributed by atoms with Crippen molar-refractivity contribution in [2.24, 2.45) is 0 Å². The Morgan fingerprint density at radius 1 is 1.12 bits per heavy atom. The highest BCUT2D eigenvalue weighted by Crippen LogP contribution is 2.28. The van der Waals surface area contributed by atoms with Gasteiger partial charge in [0.05, 0.1) is 25.5 Å². The first-order valence-electron chi connectivity index (χ1n) is 8.41. The molecular formula is C19H20BrN3O3. The van der Waals surface area contributed by atoms with Crippen LogP contribution in [0.1, 0.15) is 29.9 Å². The predicted molar refractivity (Wildman–Crippen MR) is 103 cm³/mol. The second-order valence-electron chi connectivity index (χ2n) is 5.56. The van der Waals surface area contributed by atoms with Gasteiger partial charge in [0.1, 0.15) is 5.65 Å². The van der Waals surface area contributed by atoms with Gasteiger partial charge in [-0.05, 0) is 60.1 Å². The third-order valence-electron chi connectivity index (χ3n) is 3.70. The van der Waals surface area contributed by atoms with Gasteiger partial charge in [-0.15, -0.1) is 0 Å². The molecule has 2 heterocycles. The molecule has 0 fully saturated rings. The quantitative estimate of drug-likeness (QED) is 0.634. The van der Waals surface area contributed by atoms with Crippen molar-refractivity contribution in [3.63, 3.8) is 0 Å². The van der Waals surface area contributed by atoms with Crippen LogP contribution in [0.15, 0.2) is 47.2 Å². The fraction of sp³-hybridized carbons (Fsp3) is 0.263. The number of amides is 1. The topological polar surface area (TPSA) is 64.9 Å². The van der Waals surface area contributed by atoms with Crippen molar-refractivity contribution < 1.29 is 14.3 Å². The molecule has 1 amide bonds. The summed E-state index contributed by atoms with van der Waals surface area (Å²) in [6.45, 7) is 5.18. The fourth-order valence-corrected chi connectivity index (χ4v) is 2.92. The molecule has 2 aromatic heterocycles. The Morgan fingerprint density at radius 2 is 1.88 bits per heavy atom. The highest BCUT2D eigenvalue weighted by atomic mass is 79.9. The number of pyridine rings is 1. The van der Waals surface area contributed by atoms with Crippen LogP contribution in [0.5, 0.6) is 11.5 Å². The summed E-state index contributed by atoms with van der Waals surface area (Å²) >= 11 is 3.43. The molecule has 7 heteroatoms. The number of carbonyl (C=O) groups is 1. The molecule has 3 rings (SSSR count). The number of nitrogens with one attached hydrogen (secondary N) is 1. The average molecular weight is 418 g/mol. The van der Waals surface area contributed by atoms with Gasteiger partial charge in [-0.1, -0.05) is 0 Å². The van der Waals surface area contributed by atoms with Gasteiger partial charge < -0.3 is 19.2 Å². The van der Waals surface area contributed by atoms with Gasteiger partial charge in [0.25, 0.3) is 5.91 Å². The highest BCUT2D eigenvalue weighted by molar-refractivity contribution is 9.10. The van der Waals surface area contributed by atoms with Crippen molar-refractivity contribution in [1.82, 2.24) is 14.7 Å². The molecule has 0 radical (unpaired) electrons. The van der Waals surface area contributed by atoms with Crippen LogP contribution in [0.25, 0.3) is 5.65 Å². The summed E-state index contributed by atoms with van der Waals surface area (Å²) in [4.78, 5) is 17.0. The van der Waals surface area contributed by atoms with Crippen LogP contribution in [0.2, 0.25) is 0 Å². The maximum Gasteiger partial charge on any atom is 0.251 e. The van der Waals surface area contributed by atoms with E-state index in [1.807, 2.05) is 42.8 Å². The summed E-state index contributed by atoms with van der Waals surface area (Å²) < 4.78 is 14.0. The normalized spacial score (nSPS) is 10.7. The summed E-state index contributed by atoms with van der Waals surface area (Å²) in [5, 5.41) is 2.89. The molecule has 0 unspecified atom stereocenters. The zero-order chi connectivity index (χ0) is 18.5. The zero-order valence-electron chi connectivity index (χ0n) is 14.7. The highest BCUT2D eigenvalue weighted by Gasteiger charge is 2.12. The second kappa shape index (κ2) is 8.23. The number of halogens is 1. The molecule has 0 aliphatic heterocycles. The SMILES string of the molecule is CCOc1ccc(C(=O)NCc2cn3cc(Br)ccc3n2)cc1OCC. The van der Waals surface area contributed by atoms with Gasteiger partial charge >= 0.3 is 0 Å². The number of nitrogens with zero attached hydrogens (tertiary/aromatic N) is 2. The van der Waals surface area contributed by atoms with E-state index >= 15 is 0 Å². The maximum atomic E-state index is 12.5. The van der Waals surface area contributed by atoms with Crippen LogP contribution in [0.4, 0.5) is 0 Å². The number of hydrogen-bond acceptors (Lipinski definition) is 4. The first-order valence-corrected chi connectivity index (χ1v) is 9.21. The molecule has 0 bridgehead atoms. The van der Waals surface area contributed by atoms with E-state index in [0.717, 1.165) is 15.8 Å². The number of rotatable bonds is 7. The summed E-state index contributed by atoms with van der Waals surface area (Å²) in [6.07, 6.45) is 3.82. The number of ether oxygens (including phenoxy) is 2. The predicted octanol–water partition coefficient (Wildman–Crippen LogP) is 3.82. The Labute approximate surface area is 160 Å². The van der Waals surface area contributed by atoms with Crippen molar-refractivity contribution in [2.75, 3.05) is 13.2 Å². The minimum Gasteiger partial charge on any atom is -0.490 e. The molecule has 3 aromatic rings. The summed E-state index contributed by atoms with van der Waals surface area (Å²) in [5.74, 6) is 1.02. The molecule has 0 saturated carbocycles. The maximum absolute atomic E-state index is 12.5. The molecule has 26 heavy (non-hydrogen) atoms. The molecular weight excluding hydrogens is 398 g/mol. The number of benzene rings is 1. The standard InChI is InChI=1S/C19H20BrN3O3/c1-3-25-16-7-5-13(9-17(16)26-4-2)19(24)21-10-15-12-23-11-14(20)6-8-18(23)22-15/h5-9,11-12H,3-4,10H2,1-2H3,(H,21,24). The van der Waals surface area contributed by atoms with Gasteiger partial charge in [-0.3, -0.25) is 4.79 Å². The first kappa shape index (κ1) is 18.3. The van der Waals surface area contributed by atoms with Crippen molar-refractivity contribution in [3.8, 4) is 11.5 Å². The third kappa shape index (κ3) is 4.16. The number of fused-ring (bicyclic) bond motifs is 1. The minimum absolute atomic E-state index is 0.188. The Kier molecular flexibility index (Phi) is 5.78. The lowest BCUT2D eigenvalue weighted by Crippen LogP contribution is -2.23. The lowest BCUT2D eigenvalue weighted by Gasteiger charge is -2.12. The van der Waals surface area contributed by atoms with Crippen LogP contribution in [0, 0.1) is 0 Å². The number of aromatic nitrogens is 2. The Balaban J connectivity index is 1.71. The van der Waals surface area contributed by atoms with Crippen LogP contribution in [0.3, 0.4) is 0 Å². The lowest BCUT2D eigenvalue weighted by atomic mass is 10.2. The van der Waals surface area contributed by atoms with E-state index in [2.05, 4.69) is 26.2 Å². The number of hydrogen-bond donors (Lipinski definition) is 1.